The predicted octanol–water partition coefficient (Wildman–Crippen LogP) is 3.98. The third-order valence-corrected chi connectivity index (χ3v) is 4.21. The first kappa shape index (κ1) is 15.3. The number of benzene rings is 2. The molecule has 4 heteroatoms. The molecule has 0 fully saturated rings. The third-order valence-electron chi connectivity index (χ3n) is 4.21. The second kappa shape index (κ2) is 6.24. The number of nitrogens with zero attached hydrogens (tertiary/aromatic N) is 2. The highest BCUT2D eigenvalue weighted by atomic mass is 16.1. The van der Waals surface area contributed by atoms with E-state index < -0.39 is 0 Å². The summed E-state index contributed by atoms with van der Waals surface area (Å²) in [6.07, 6.45) is 1.81. The van der Waals surface area contributed by atoms with E-state index in [0.29, 0.717) is 5.56 Å². The fourth-order valence-electron chi connectivity index (χ4n) is 2.85. The number of hydrogen-bond donors (Lipinski definition) is 1. The summed E-state index contributed by atoms with van der Waals surface area (Å²) >= 11 is 0. The Labute approximate surface area is 136 Å². The number of aldehydes is 1. The van der Waals surface area contributed by atoms with E-state index in [1.54, 1.807) is 0 Å². The van der Waals surface area contributed by atoms with Crippen LogP contribution in [0.4, 0.5) is 5.69 Å². The van der Waals surface area contributed by atoms with E-state index in [2.05, 4.69) is 28.9 Å². The molecule has 23 heavy (non-hydrogen) atoms. The maximum Gasteiger partial charge on any atom is 0.150 e. The first-order chi connectivity index (χ1) is 11.1. The summed E-state index contributed by atoms with van der Waals surface area (Å²) in [5, 5.41) is 0. The van der Waals surface area contributed by atoms with Gasteiger partial charge in [-0.1, -0.05) is 31.2 Å². The normalized spacial score (nSPS) is 12.3. The molecule has 1 N–H and O–H groups in total. The molecule has 2 aromatic carbocycles. The van der Waals surface area contributed by atoms with Gasteiger partial charge < -0.3 is 9.88 Å². The number of imidazole rings is 1. The molecular formula is C19H21N3O. The molecule has 1 aromatic heterocycles. The van der Waals surface area contributed by atoms with Gasteiger partial charge >= 0.3 is 0 Å². The fourth-order valence-corrected chi connectivity index (χ4v) is 2.85. The number of aromatic amines is 1. The molecule has 0 spiro atoms. The maximum atomic E-state index is 10.8. The molecule has 1 atom stereocenters. The van der Waals surface area contributed by atoms with Crippen molar-refractivity contribution in [1.29, 1.82) is 0 Å². The van der Waals surface area contributed by atoms with Gasteiger partial charge in [0, 0.05) is 31.3 Å². The highest BCUT2D eigenvalue weighted by Crippen LogP contribution is 2.28. The lowest BCUT2D eigenvalue weighted by molar-refractivity contribution is 0.112. The van der Waals surface area contributed by atoms with Gasteiger partial charge in [-0.2, -0.15) is 0 Å². The van der Waals surface area contributed by atoms with Crippen LogP contribution in [0.2, 0.25) is 0 Å². The van der Waals surface area contributed by atoms with Crippen LogP contribution in [0.25, 0.3) is 11.0 Å². The molecule has 3 rings (SSSR count). The molecule has 0 radical (unpaired) electrons. The van der Waals surface area contributed by atoms with Crippen LogP contribution in [0.15, 0.2) is 42.5 Å². The largest absolute Gasteiger partial charge is 0.378 e. The number of nitrogens with one attached hydrogen (secondary N) is 1. The molecule has 0 amide bonds. The van der Waals surface area contributed by atoms with Crippen LogP contribution in [0.5, 0.6) is 0 Å². The monoisotopic (exact) mass is 307 g/mol. The zero-order chi connectivity index (χ0) is 16.4. The van der Waals surface area contributed by atoms with Gasteiger partial charge in [-0.05, 0) is 30.2 Å². The van der Waals surface area contributed by atoms with Crippen molar-refractivity contribution in [2.75, 3.05) is 19.0 Å². The number of carbonyl (C=O) groups is 1. The van der Waals surface area contributed by atoms with Crippen LogP contribution in [0.3, 0.4) is 0 Å². The number of rotatable bonds is 5. The summed E-state index contributed by atoms with van der Waals surface area (Å²) in [4.78, 5) is 21.1. The summed E-state index contributed by atoms with van der Waals surface area (Å²) < 4.78 is 0. The quantitative estimate of drug-likeness (QED) is 0.725. The van der Waals surface area contributed by atoms with E-state index in [4.69, 9.17) is 4.98 Å². The maximum absolute atomic E-state index is 10.8. The minimum atomic E-state index is 0.200. The van der Waals surface area contributed by atoms with Crippen molar-refractivity contribution in [1.82, 2.24) is 9.97 Å². The molecule has 3 aromatic rings. The zero-order valence-corrected chi connectivity index (χ0v) is 13.7. The first-order valence-corrected chi connectivity index (χ1v) is 7.84. The molecule has 4 nitrogen and oxygen atoms in total. The van der Waals surface area contributed by atoms with Crippen LogP contribution in [0, 0.1) is 0 Å². The minimum Gasteiger partial charge on any atom is -0.378 e. The van der Waals surface area contributed by atoms with Gasteiger partial charge in [0.1, 0.15) is 12.1 Å². The van der Waals surface area contributed by atoms with E-state index in [9.17, 15) is 4.79 Å². The van der Waals surface area contributed by atoms with Gasteiger partial charge in [0.05, 0.1) is 11.0 Å². The third kappa shape index (κ3) is 2.97. The Hall–Kier alpha value is -2.62. The van der Waals surface area contributed by atoms with Crippen LogP contribution >= 0.6 is 0 Å². The topological polar surface area (TPSA) is 49.0 Å². The summed E-state index contributed by atoms with van der Waals surface area (Å²) in [5.74, 6) is 1.17. The van der Waals surface area contributed by atoms with E-state index >= 15 is 0 Å². The molecule has 0 aliphatic rings. The van der Waals surface area contributed by atoms with E-state index in [1.165, 1.54) is 5.56 Å². The van der Waals surface area contributed by atoms with E-state index in [0.717, 1.165) is 35.3 Å². The average Bonchev–Trinajstić information content (AvgIpc) is 2.98. The Morgan fingerprint density at radius 2 is 1.91 bits per heavy atom. The summed E-state index contributed by atoms with van der Waals surface area (Å²) in [6, 6.07) is 14.0. The van der Waals surface area contributed by atoms with Crippen molar-refractivity contribution in [3.8, 4) is 0 Å². The fraction of sp³-hybridized carbons (Fsp3) is 0.263. The SMILES string of the molecule is CCC(c1ccc(C=O)cc1)c1nc2ccc(N(C)C)cc2[nH]1. The molecule has 0 bridgehead atoms. The average molecular weight is 307 g/mol. The lowest BCUT2D eigenvalue weighted by atomic mass is 9.95. The van der Waals surface area contributed by atoms with Crippen LogP contribution < -0.4 is 4.90 Å². The second-order valence-corrected chi connectivity index (χ2v) is 5.96. The smallest absolute Gasteiger partial charge is 0.150 e. The van der Waals surface area contributed by atoms with E-state index in [1.807, 2.05) is 44.4 Å². The van der Waals surface area contributed by atoms with Gasteiger partial charge in [0.15, 0.2) is 0 Å². The van der Waals surface area contributed by atoms with Crippen molar-refractivity contribution in [2.45, 2.75) is 19.3 Å². The molecule has 1 unspecified atom stereocenters. The predicted molar refractivity (Wildman–Crippen MR) is 94.4 cm³/mol. The molecule has 118 valence electrons. The lowest BCUT2D eigenvalue weighted by Gasteiger charge is -2.12. The van der Waals surface area contributed by atoms with Gasteiger partial charge in [0.2, 0.25) is 0 Å². The summed E-state index contributed by atoms with van der Waals surface area (Å²) in [5.41, 5.74) is 5.05. The number of fused-ring (bicyclic) bond motifs is 1. The van der Waals surface area contributed by atoms with Crippen molar-refractivity contribution in [3.63, 3.8) is 0 Å². The van der Waals surface area contributed by atoms with Gasteiger partial charge in [-0.15, -0.1) is 0 Å². The molecule has 0 saturated carbocycles. The van der Waals surface area contributed by atoms with E-state index in [-0.39, 0.29) is 5.92 Å². The zero-order valence-electron chi connectivity index (χ0n) is 13.7. The number of carbonyl (C=O) groups excluding carboxylic acids is 1. The standard InChI is InChI=1S/C19H21N3O/c1-4-16(14-7-5-13(12-23)6-8-14)19-20-17-10-9-15(22(2)3)11-18(17)21-19/h5-12,16H,4H2,1-3H3,(H,20,21). The lowest BCUT2D eigenvalue weighted by Crippen LogP contribution is -2.07. The van der Waals surface area contributed by atoms with Crippen molar-refractivity contribution in [3.05, 3.63) is 59.4 Å². The van der Waals surface area contributed by atoms with Crippen LogP contribution in [-0.2, 0) is 0 Å². The van der Waals surface area contributed by atoms with Gasteiger partial charge in [0.25, 0.3) is 0 Å². The molecule has 1 heterocycles. The van der Waals surface area contributed by atoms with Gasteiger partial charge in [-0.25, -0.2) is 4.98 Å². The van der Waals surface area contributed by atoms with Crippen molar-refractivity contribution >= 4 is 23.0 Å². The van der Waals surface area contributed by atoms with Crippen molar-refractivity contribution in [2.24, 2.45) is 0 Å². The Morgan fingerprint density at radius 1 is 1.17 bits per heavy atom. The number of H-pyrrole nitrogens is 1. The summed E-state index contributed by atoms with van der Waals surface area (Å²) in [6.45, 7) is 2.15. The number of anilines is 1. The molecule has 0 saturated heterocycles. The number of hydrogen-bond acceptors (Lipinski definition) is 3. The minimum absolute atomic E-state index is 0.200. The second-order valence-electron chi connectivity index (χ2n) is 5.96. The van der Waals surface area contributed by atoms with Crippen LogP contribution in [-0.4, -0.2) is 30.3 Å². The highest BCUT2D eigenvalue weighted by molar-refractivity contribution is 5.80. The first-order valence-electron chi connectivity index (χ1n) is 7.84. The molecule has 0 aliphatic heterocycles. The summed E-state index contributed by atoms with van der Waals surface area (Å²) in [7, 11) is 4.06. The van der Waals surface area contributed by atoms with Gasteiger partial charge in [-0.3, -0.25) is 4.79 Å². The van der Waals surface area contributed by atoms with Crippen molar-refractivity contribution < 1.29 is 4.79 Å². The Bertz CT molecular complexity index is 818. The Morgan fingerprint density at radius 3 is 2.52 bits per heavy atom. The highest BCUT2D eigenvalue weighted by Gasteiger charge is 2.16. The molecular weight excluding hydrogens is 286 g/mol. The molecule has 0 aliphatic carbocycles. The Kier molecular flexibility index (Phi) is 4.15. The van der Waals surface area contributed by atoms with Crippen LogP contribution in [0.1, 0.15) is 41.0 Å². The number of aromatic nitrogens is 2. The Balaban J connectivity index is 1.99.